The van der Waals surface area contributed by atoms with Gasteiger partial charge in [0.05, 0.1) is 15.0 Å². The molecule has 0 fully saturated rings. The van der Waals surface area contributed by atoms with Crippen molar-refractivity contribution in [3.63, 3.8) is 0 Å². The van der Waals surface area contributed by atoms with E-state index in [0.29, 0.717) is 4.47 Å². The molecule has 0 heterocycles. The van der Waals surface area contributed by atoms with Crippen LogP contribution in [0.1, 0.15) is 15.9 Å². The first-order valence-electron chi connectivity index (χ1n) is 5.84. The fraction of sp³-hybridized carbons (Fsp3) is 0.0714. The van der Waals surface area contributed by atoms with Gasteiger partial charge in [-0.25, -0.2) is 4.79 Å². The molecule has 0 aliphatic heterocycles. The number of aromatic carboxylic acids is 1. The minimum atomic E-state index is -1.11. The van der Waals surface area contributed by atoms with Gasteiger partial charge in [-0.05, 0) is 52.7 Å². The molecule has 0 saturated heterocycles. The van der Waals surface area contributed by atoms with Crippen molar-refractivity contribution < 1.29 is 19.6 Å². The summed E-state index contributed by atoms with van der Waals surface area (Å²) < 4.78 is 6.02. The summed E-state index contributed by atoms with van der Waals surface area (Å²) in [7, 11) is 0. The zero-order valence-electron chi connectivity index (χ0n) is 10.9. The molecule has 2 aromatic carbocycles. The predicted octanol–water partition coefficient (Wildman–Crippen LogP) is 4.16. The Kier molecular flexibility index (Phi) is 4.23. The maximum Gasteiger partial charge on any atom is 0.335 e. The van der Waals surface area contributed by atoms with Crippen molar-refractivity contribution in [1.29, 1.82) is 0 Å². The fourth-order valence-corrected chi connectivity index (χ4v) is 2.01. The number of carboxylic acids is 1. The molecule has 0 aliphatic carbocycles. The molecule has 0 amide bonds. The highest BCUT2D eigenvalue weighted by atomic mass is 79.9. The number of benzene rings is 2. The number of rotatable bonds is 4. The molecular formula is C14H10BrNO5. The van der Waals surface area contributed by atoms with Gasteiger partial charge in [0, 0.05) is 6.07 Å². The molecule has 2 rings (SSSR count). The first-order chi connectivity index (χ1) is 9.88. The maximum absolute atomic E-state index is 11.0. The van der Waals surface area contributed by atoms with E-state index in [1.165, 1.54) is 30.3 Å². The molecule has 0 saturated carbocycles. The molecule has 0 aromatic heterocycles. The number of nitro benzene ring substituents is 1. The number of aryl methyl sites for hydroxylation is 1. The van der Waals surface area contributed by atoms with Crippen LogP contribution in [0.25, 0.3) is 0 Å². The number of carbonyl (C=O) groups is 1. The highest BCUT2D eigenvalue weighted by molar-refractivity contribution is 9.10. The Labute approximate surface area is 128 Å². The third-order valence-corrected chi connectivity index (χ3v) is 3.37. The van der Waals surface area contributed by atoms with Crippen LogP contribution < -0.4 is 4.74 Å². The lowest BCUT2D eigenvalue weighted by Gasteiger charge is -2.09. The van der Waals surface area contributed by atoms with Gasteiger partial charge < -0.3 is 9.84 Å². The average Bonchev–Trinajstić information content (AvgIpc) is 2.40. The normalized spacial score (nSPS) is 10.2. The van der Waals surface area contributed by atoms with E-state index in [0.717, 1.165) is 5.56 Å². The van der Waals surface area contributed by atoms with Gasteiger partial charge in [-0.3, -0.25) is 10.1 Å². The molecule has 0 bridgehead atoms. The second kappa shape index (κ2) is 5.92. The Bertz CT molecular complexity index is 729. The summed E-state index contributed by atoms with van der Waals surface area (Å²) in [6, 6.07) is 8.70. The van der Waals surface area contributed by atoms with E-state index in [1.807, 2.05) is 0 Å². The Morgan fingerprint density at radius 3 is 2.57 bits per heavy atom. The molecule has 7 heteroatoms. The molecule has 21 heavy (non-hydrogen) atoms. The molecule has 1 N–H and O–H groups in total. The van der Waals surface area contributed by atoms with Crippen molar-refractivity contribution in [3.05, 3.63) is 62.1 Å². The van der Waals surface area contributed by atoms with E-state index in [1.54, 1.807) is 13.0 Å². The fourth-order valence-electron chi connectivity index (χ4n) is 1.69. The highest BCUT2D eigenvalue weighted by Crippen LogP contribution is 2.36. The van der Waals surface area contributed by atoms with Gasteiger partial charge in [0.15, 0.2) is 0 Å². The summed E-state index contributed by atoms with van der Waals surface area (Å²) in [5.74, 6) is -0.849. The minimum absolute atomic E-state index is 0.0310. The summed E-state index contributed by atoms with van der Waals surface area (Å²) >= 11 is 3.23. The topological polar surface area (TPSA) is 89.7 Å². The number of halogens is 1. The number of nitrogens with zero attached hydrogens (tertiary/aromatic N) is 1. The first kappa shape index (κ1) is 15.0. The van der Waals surface area contributed by atoms with Crippen LogP contribution in [0.2, 0.25) is 0 Å². The number of carboxylic acid groups (broad SMARTS) is 1. The second-order valence-electron chi connectivity index (χ2n) is 4.28. The SMILES string of the molecule is Cc1ccc([N+](=O)[O-])c(Oc2cc(C(=O)O)ccc2Br)c1. The van der Waals surface area contributed by atoms with Crippen LogP contribution >= 0.6 is 15.9 Å². The molecule has 2 aromatic rings. The van der Waals surface area contributed by atoms with Crippen molar-refractivity contribution in [3.8, 4) is 11.5 Å². The van der Waals surface area contributed by atoms with Gasteiger partial charge >= 0.3 is 11.7 Å². The average molecular weight is 352 g/mol. The minimum Gasteiger partial charge on any atom is -0.478 e. The van der Waals surface area contributed by atoms with Crippen LogP contribution in [0.15, 0.2) is 40.9 Å². The van der Waals surface area contributed by atoms with Crippen LogP contribution in [0.5, 0.6) is 11.5 Å². The molecular weight excluding hydrogens is 342 g/mol. The van der Waals surface area contributed by atoms with Crippen LogP contribution in [-0.4, -0.2) is 16.0 Å². The van der Waals surface area contributed by atoms with E-state index in [-0.39, 0.29) is 22.7 Å². The summed E-state index contributed by atoms with van der Waals surface area (Å²) in [4.78, 5) is 21.4. The van der Waals surface area contributed by atoms with Crippen LogP contribution in [-0.2, 0) is 0 Å². The summed E-state index contributed by atoms with van der Waals surface area (Å²) in [5.41, 5.74) is 0.637. The molecule has 0 unspecified atom stereocenters. The van der Waals surface area contributed by atoms with Crippen molar-refractivity contribution >= 4 is 27.6 Å². The molecule has 0 spiro atoms. The van der Waals surface area contributed by atoms with Gasteiger partial charge in [0.2, 0.25) is 5.75 Å². The standard InChI is InChI=1S/C14H10BrNO5/c1-8-2-5-11(16(19)20)13(6-8)21-12-7-9(14(17)18)3-4-10(12)15/h2-7H,1H3,(H,17,18). The molecule has 6 nitrogen and oxygen atoms in total. The predicted molar refractivity (Wildman–Crippen MR) is 79.0 cm³/mol. The van der Waals surface area contributed by atoms with Crippen molar-refractivity contribution in [1.82, 2.24) is 0 Å². The highest BCUT2D eigenvalue weighted by Gasteiger charge is 2.17. The lowest BCUT2D eigenvalue weighted by Crippen LogP contribution is -1.98. The Balaban J connectivity index is 2.47. The lowest BCUT2D eigenvalue weighted by atomic mass is 10.2. The number of nitro groups is 1. The third-order valence-electron chi connectivity index (χ3n) is 2.71. The van der Waals surface area contributed by atoms with Gasteiger partial charge in [-0.2, -0.15) is 0 Å². The maximum atomic E-state index is 11.0. The molecule has 0 atom stereocenters. The van der Waals surface area contributed by atoms with E-state index < -0.39 is 10.9 Å². The van der Waals surface area contributed by atoms with Gasteiger partial charge in [0.1, 0.15) is 5.75 Å². The van der Waals surface area contributed by atoms with Gasteiger partial charge in [0.25, 0.3) is 0 Å². The van der Waals surface area contributed by atoms with Gasteiger partial charge in [-0.1, -0.05) is 6.07 Å². The first-order valence-corrected chi connectivity index (χ1v) is 6.63. The Hall–Kier alpha value is -2.41. The van der Waals surface area contributed by atoms with E-state index in [2.05, 4.69) is 15.9 Å². The van der Waals surface area contributed by atoms with Gasteiger partial charge in [-0.15, -0.1) is 0 Å². The van der Waals surface area contributed by atoms with Crippen molar-refractivity contribution in [2.75, 3.05) is 0 Å². The summed E-state index contributed by atoms with van der Waals surface area (Å²) in [6.45, 7) is 1.78. The lowest BCUT2D eigenvalue weighted by molar-refractivity contribution is -0.385. The smallest absolute Gasteiger partial charge is 0.335 e. The largest absolute Gasteiger partial charge is 0.478 e. The molecule has 0 radical (unpaired) electrons. The monoisotopic (exact) mass is 351 g/mol. The zero-order valence-corrected chi connectivity index (χ0v) is 12.5. The van der Waals surface area contributed by atoms with Crippen LogP contribution in [0.4, 0.5) is 5.69 Å². The molecule has 0 aliphatic rings. The van der Waals surface area contributed by atoms with Crippen molar-refractivity contribution in [2.45, 2.75) is 6.92 Å². The van der Waals surface area contributed by atoms with E-state index in [4.69, 9.17) is 9.84 Å². The quantitative estimate of drug-likeness (QED) is 0.659. The Morgan fingerprint density at radius 2 is 1.95 bits per heavy atom. The summed E-state index contributed by atoms with van der Waals surface area (Å²) in [5, 5.41) is 20.0. The van der Waals surface area contributed by atoms with E-state index >= 15 is 0 Å². The third kappa shape index (κ3) is 3.38. The van der Waals surface area contributed by atoms with E-state index in [9.17, 15) is 14.9 Å². The molecule has 108 valence electrons. The zero-order chi connectivity index (χ0) is 15.6. The number of hydrogen-bond acceptors (Lipinski definition) is 4. The number of hydrogen-bond donors (Lipinski definition) is 1. The van der Waals surface area contributed by atoms with Crippen molar-refractivity contribution in [2.24, 2.45) is 0 Å². The second-order valence-corrected chi connectivity index (χ2v) is 5.14. The van der Waals surface area contributed by atoms with Crippen LogP contribution in [0.3, 0.4) is 0 Å². The number of ether oxygens (including phenoxy) is 1. The Morgan fingerprint density at radius 1 is 1.24 bits per heavy atom. The van der Waals surface area contributed by atoms with Crippen LogP contribution in [0, 0.1) is 17.0 Å². The summed E-state index contributed by atoms with van der Waals surface area (Å²) in [6.07, 6.45) is 0.